The van der Waals surface area contributed by atoms with E-state index in [1.165, 1.54) is 37.0 Å². The number of fused-ring (bicyclic) bond motifs is 1. The molecule has 35 heavy (non-hydrogen) atoms. The molecule has 0 spiro atoms. The van der Waals surface area contributed by atoms with Crippen LogP contribution in [0, 0.1) is 11.8 Å². The third kappa shape index (κ3) is 6.22. The SMILES string of the molecule is CCC(CN1C(=O)c2ccccc2C1=O)C(O[Si](C)(C)C)c1cccc(OCC2CCCCC2)c1. The Hall–Kier alpha value is -2.44. The highest BCUT2D eigenvalue weighted by Gasteiger charge is 2.39. The van der Waals surface area contributed by atoms with Crippen molar-refractivity contribution in [2.75, 3.05) is 13.2 Å². The number of amides is 2. The number of hydrogen-bond acceptors (Lipinski definition) is 4. The van der Waals surface area contributed by atoms with Crippen LogP contribution in [-0.4, -0.2) is 38.2 Å². The van der Waals surface area contributed by atoms with Crippen molar-refractivity contribution in [2.45, 2.75) is 71.2 Å². The summed E-state index contributed by atoms with van der Waals surface area (Å²) in [5, 5.41) is 0. The predicted octanol–water partition coefficient (Wildman–Crippen LogP) is 6.86. The molecule has 4 rings (SSSR count). The van der Waals surface area contributed by atoms with E-state index in [0.717, 1.165) is 24.3 Å². The fourth-order valence-electron chi connectivity index (χ4n) is 5.24. The molecule has 2 unspecified atom stereocenters. The molecule has 5 nitrogen and oxygen atoms in total. The largest absolute Gasteiger partial charge is 0.493 e. The molecule has 2 aliphatic rings. The summed E-state index contributed by atoms with van der Waals surface area (Å²) < 4.78 is 12.9. The molecule has 2 aromatic carbocycles. The average molecular weight is 494 g/mol. The lowest BCUT2D eigenvalue weighted by Crippen LogP contribution is -2.39. The van der Waals surface area contributed by atoms with Crippen molar-refractivity contribution in [1.82, 2.24) is 4.90 Å². The second-order valence-electron chi connectivity index (χ2n) is 11.0. The molecule has 1 saturated carbocycles. The second-order valence-corrected chi connectivity index (χ2v) is 15.4. The van der Waals surface area contributed by atoms with Gasteiger partial charge < -0.3 is 9.16 Å². The molecular weight excluding hydrogens is 454 g/mol. The van der Waals surface area contributed by atoms with E-state index in [1.807, 2.05) is 12.1 Å². The molecule has 2 atom stereocenters. The number of carbonyl (C=O) groups is 2. The van der Waals surface area contributed by atoms with E-state index in [4.69, 9.17) is 9.16 Å². The highest BCUT2D eigenvalue weighted by Crippen LogP contribution is 2.36. The summed E-state index contributed by atoms with van der Waals surface area (Å²) in [6, 6.07) is 15.3. The normalized spacial score (nSPS) is 18.5. The van der Waals surface area contributed by atoms with Gasteiger partial charge in [0.15, 0.2) is 8.32 Å². The van der Waals surface area contributed by atoms with Gasteiger partial charge >= 0.3 is 0 Å². The standard InChI is InChI=1S/C29H39NO4Si/c1-5-22(19-30-28(31)25-16-9-10-17-26(25)29(30)32)27(34-35(2,3)4)23-14-11-15-24(18-23)33-20-21-12-7-6-8-13-21/h9-11,14-18,21-22,27H,5-8,12-13,19-20H2,1-4H3. The summed E-state index contributed by atoms with van der Waals surface area (Å²) in [5.41, 5.74) is 2.04. The van der Waals surface area contributed by atoms with Gasteiger partial charge in [-0.15, -0.1) is 0 Å². The molecule has 0 radical (unpaired) electrons. The van der Waals surface area contributed by atoms with Crippen molar-refractivity contribution in [3.8, 4) is 5.75 Å². The number of ether oxygens (including phenoxy) is 1. The lowest BCUT2D eigenvalue weighted by Gasteiger charge is -2.34. The summed E-state index contributed by atoms with van der Waals surface area (Å²) in [7, 11) is -1.93. The molecule has 1 heterocycles. The highest BCUT2D eigenvalue weighted by atomic mass is 28.4. The van der Waals surface area contributed by atoms with E-state index in [2.05, 4.69) is 38.7 Å². The van der Waals surface area contributed by atoms with Crippen LogP contribution in [0.3, 0.4) is 0 Å². The topological polar surface area (TPSA) is 55.8 Å². The van der Waals surface area contributed by atoms with E-state index in [1.54, 1.807) is 24.3 Å². The Morgan fingerprint density at radius 1 is 0.943 bits per heavy atom. The Bertz CT molecular complexity index is 1010. The highest BCUT2D eigenvalue weighted by molar-refractivity contribution is 6.69. The smallest absolute Gasteiger partial charge is 0.261 e. The van der Waals surface area contributed by atoms with Gasteiger partial charge in [0.1, 0.15) is 5.75 Å². The minimum absolute atomic E-state index is 0.0162. The summed E-state index contributed by atoms with van der Waals surface area (Å²) in [4.78, 5) is 27.5. The molecule has 1 aliphatic heterocycles. The Morgan fingerprint density at radius 3 is 2.20 bits per heavy atom. The zero-order chi connectivity index (χ0) is 25.0. The fourth-order valence-corrected chi connectivity index (χ4v) is 6.34. The van der Waals surface area contributed by atoms with Gasteiger partial charge in [-0.05, 0) is 74.7 Å². The third-order valence-electron chi connectivity index (χ3n) is 7.13. The molecule has 0 N–H and O–H groups in total. The third-order valence-corrected chi connectivity index (χ3v) is 8.09. The van der Waals surface area contributed by atoms with Crippen molar-refractivity contribution in [2.24, 2.45) is 11.8 Å². The molecule has 1 fully saturated rings. The van der Waals surface area contributed by atoms with Crippen LogP contribution in [-0.2, 0) is 4.43 Å². The van der Waals surface area contributed by atoms with Gasteiger partial charge in [-0.1, -0.05) is 50.5 Å². The first-order chi connectivity index (χ1) is 16.8. The molecule has 188 valence electrons. The molecule has 2 amide bonds. The van der Waals surface area contributed by atoms with E-state index in [0.29, 0.717) is 23.6 Å². The second kappa shape index (κ2) is 11.1. The van der Waals surface area contributed by atoms with Crippen molar-refractivity contribution >= 4 is 20.1 Å². The van der Waals surface area contributed by atoms with E-state index < -0.39 is 8.32 Å². The van der Waals surface area contributed by atoms with Gasteiger partial charge in [-0.2, -0.15) is 0 Å². The van der Waals surface area contributed by atoms with Crippen molar-refractivity contribution in [3.05, 3.63) is 65.2 Å². The maximum atomic E-state index is 13.0. The summed E-state index contributed by atoms with van der Waals surface area (Å²) in [5.74, 6) is 1.07. The molecule has 0 saturated heterocycles. The summed E-state index contributed by atoms with van der Waals surface area (Å²) in [6.07, 6.45) is 7.02. The van der Waals surface area contributed by atoms with Crippen LogP contribution in [0.15, 0.2) is 48.5 Å². The van der Waals surface area contributed by atoms with E-state index >= 15 is 0 Å². The van der Waals surface area contributed by atoms with Crippen molar-refractivity contribution in [3.63, 3.8) is 0 Å². The fraction of sp³-hybridized carbons (Fsp3) is 0.517. The van der Waals surface area contributed by atoms with Crippen LogP contribution in [0.1, 0.15) is 77.8 Å². The minimum Gasteiger partial charge on any atom is -0.493 e. The number of hydrogen-bond donors (Lipinski definition) is 0. The lowest BCUT2D eigenvalue weighted by molar-refractivity contribution is 0.0535. The van der Waals surface area contributed by atoms with Gasteiger partial charge in [0, 0.05) is 12.5 Å². The first kappa shape index (κ1) is 25.6. The first-order valence-electron chi connectivity index (χ1n) is 13.1. The van der Waals surface area contributed by atoms with Crippen LogP contribution >= 0.6 is 0 Å². The Balaban J connectivity index is 1.54. The number of rotatable bonds is 10. The molecule has 1 aliphatic carbocycles. The Kier molecular flexibility index (Phi) is 8.12. The Morgan fingerprint density at radius 2 is 1.60 bits per heavy atom. The molecule has 6 heteroatoms. The number of nitrogens with zero attached hydrogens (tertiary/aromatic N) is 1. The monoisotopic (exact) mass is 493 g/mol. The molecule has 0 bridgehead atoms. The summed E-state index contributed by atoms with van der Waals surface area (Å²) in [6.45, 7) is 9.74. The zero-order valence-electron chi connectivity index (χ0n) is 21.6. The lowest BCUT2D eigenvalue weighted by atomic mass is 9.90. The van der Waals surface area contributed by atoms with Crippen LogP contribution < -0.4 is 4.74 Å². The van der Waals surface area contributed by atoms with Crippen LogP contribution in [0.5, 0.6) is 5.75 Å². The van der Waals surface area contributed by atoms with Crippen LogP contribution in [0.2, 0.25) is 19.6 Å². The predicted molar refractivity (Wildman–Crippen MR) is 141 cm³/mol. The van der Waals surface area contributed by atoms with Crippen molar-refractivity contribution in [1.29, 1.82) is 0 Å². The van der Waals surface area contributed by atoms with Gasteiger partial charge in [0.05, 0.1) is 23.8 Å². The number of carbonyl (C=O) groups excluding carboxylic acids is 2. The first-order valence-corrected chi connectivity index (χ1v) is 16.5. The maximum absolute atomic E-state index is 13.0. The van der Waals surface area contributed by atoms with Gasteiger partial charge in [-0.3, -0.25) is 14.5 Å². The van der Waals surface area contributed by atoms with Gasteiger partial charge in [0.25, 0.3) is 11.8 Å². The van der Waals surface area contributed by atoms with Crippen molar-refractivity contribution < 1.29 is 18.8 Å². The Labute approximate surface area is 210 Å². The maximum Gasteiger partial charge on any atom is 0.261 e. The minimum atomic E-state index is -1.93. The molecule has 0 aromatic heterocycles. The number of imide groups is 1. The quantitative estimate of drug-likeness (QED) is 0.268. The average Bonchev–Trinajstić information content (AvgIpc) is 3.10. The zero-order valence-corrected chi connectivity index (χ0v) is 22.6. The van der Waals surface area contributed by atoms with Crippen LogP contribution in [0.25, 0.3) is 0 Å². The van der Waals surface area contributed by atoms with Gasteiger partial charge in [-0.25, -0.2) is 0 Å². The van der Waals surface area contributed by atoms with Crippen LogP contribution in [0.4, 0.5) is 0 Å². The molecule has 2 aromatic rings. The van der Waals surface area contributed by atoms with E-state index in [9.17, 15) is 9.59 Å². The molecular formula is C29H39NO4Si. The van der Waals surface area contributed by atoms with E-state index in [-0.39, 0.29) is 23.8 Å². The number of benzene rings is 2. The summed E-state index contributed by atoms with van der Waals surface area (Å²) >= 11 is 0. The van der Waals surface area contributed by atoms with Gasteiger partial charge in [0.2, 0.25) is 0 Å².